The van der Waals surface area contributed by atoms with Crippen molar-refractivity contribution in [3.05, 3.63) is 24.3 Å². The monoisotopic (exact) mass is 247 g/mol. The summed E-state index contributed by atoms with van der Waals surface area (Å²) in [7, 11) is 0. The Bertz CT molecular complexity index is 366. The van der Waals surface area contributed by atoms with E-state index in [0.717, 1.165) is 32.4 Å². The van der Waals surface area contributed by atoms with Gasteiger partial charge in [0.15, 0.2) is 0 Å². The summed E-state index contributed by atoms with van der Waals surface area (Å²) in [6.45, 7) is 7.85. The van der Waals surface area contributed by atoms with Gasteiger partial charge in [-0.05, 0) is 25.3 Å². The molecule has 1 rings (SSSR count). The van der Waals surface area contributed by atoms with Gasteiger partial charge in [0.05, 0.1) is 25.4 Å². The van der Waals surface area contributed by atoms with E-state index in [-0.39, 0.29) is 6.10 Å². The van der Waals surface area contributed by atoms with E-state index in [4.69, 9.17) is 10.00 Å². The molecule has 0 aromatic rings. The lowest BCUT2D eigenvalue weighted by atomic mass is 10.1. The normalized spacial score (nSPS) is 20.9. The molecule has 98 valence electrons. The maximum absolute atomic E-state index is 8.56. The van der Waals surface area contributed by atoms with Crippen LogP contribution in [0.5, 0.6) is 0 Å². The quantitative estimate of drug-likeness (QED) is 0.598. The van der Waals surface area contributed by atoms with Gasteiger partial charge in [0.1, 0.15) is 0 Å². The molecule has 0 amide bonds. The molecule has 1 atom stereocenters. The van der Waals surface area contributed by atoms with Crippen LogP contribution in [0.4, 0.5) is 0 Å². The number of hydrogen-bond donors (Lipinski definition) is 1. The van der Waals surface area contributed by atoms with E-state index in [0.29, 0.717) is 12.3 Å². The summed E-state index contributed by atoms with van der Waals surface area (Å²) in [5.41, 5.74) is 1.69. The molecule has 1 heterocycles. The van der Waals surface area contributed by atoms with Gasteiger partial charge in [-0.2, -0.15) is 5.26 Å². The summed E-state index contributed by atoms with van der Waals surface area (Å²) < 4.78 is 5.67. The third kappa shape index (κ3) is 5.76. The predicted molar refractivity (Wildman–Crippen MR) is 73.5 cm³/mol. The van der Waals surface area contributed by atoms with Gasteiger partial charge >= 0.3 is 0 Å². The summed E-state index contributed by atoms with van der Waals surface area (Å²) in [6.07, 6.45) is 6.65. The van der Waals surface area contributed by atoms with Gasteiger partial charge in [0.2, 0.25) is 0 Å². The van der Waals surface area contributed by atoms with Crippen molar-refractivity contribution in [2.45, 2.75) is 32.3 Å². The first-order chi connectivity index (χ1) is 8.76. The second-order valence-electron chi connectivity index (χ2n) is 4.24. The van der Waals surface area contributed by atoms with Crippen molar-refractivity contribution >= 4 is 5.71 Å². The van der Waals surface area contributed by atoms with Gasteiger partial charge in [-0.1, -0.05) is 19.6 Å². The average Bonchev–Trinajstić information content (AvgIpc) is 2.36. The highest BCUT2D eigenvalue weighted by Gasteiger charge is 2.10. The number of nitrogens with one attached hydrogen (secondary N) is 1. The molecule has 0 fully saturated rings. The first-order valence-electron chi connectivity index (χ1n) is 6.36. The van der Waals surface area contributed by atoms with Crippen LogP contribution < -0.4 is 5.32 Å². The van der Waals surface area contributed by atoms with E-state index < -0.39 is 0 Å². The van der Waals surface area contributed by atoms with E-state index in [9.17, 15) is 0 Å². The summed E-state index contributed by atoms with van der Waals surface area (Å²) in [5.74, 6) is 0. The molecule has 1 unspecified atom stereocenters. The van der Waals surface area contributed by atoms with E-state index in [1.54, 1.807) is 6.08 Å². The molecule has 4 nitrogen and oxygen atoms in total. The molecule has 0 saturated carbocycles. The largest absolute Gasteiger partial charge is 0.361 e. The number of nitriles is 1. The molecule has 0 aromatic carbocycles. The highest BCUT2D eigenvalue weighted by atomic mass is 16.5. The highest BCUT2D eigenvalue weighted by Crippen LogP contribution is 2.07. The molecule has 0 aromatic heterocycles. The number of allylic oxidation sites excluding steroid dienone is 3. The Morgan fingerprint density at radius 1 is 1.72 bits per heavy atom. The highest BCUT2D eigenvalue weighted by molar-refractivity contribution is 5.86. The summed E-state index contributed by atoms with van der Waals surface area (Å²) >= 11 is 0. The molecule has 1 aliphatic rings. The van der Waals surface area contributed by atoms with E-state index in [2.05, 4.69) is 23.8 Å². The van der Waals surface area contributed by atoms with Crippen molar-refractivity contribution in [2.75, 3.05) is 19.8 Å². The smallest absolute Gasteiger partial charge is 0.0985 e. The van der Waals surface area contributed by atoms with Gasteiger partial charge in [-0.15, -0.1) is 0 Å². The van der Waals surface area contributed by atoms with Crippen LogP contribution in [0.15, 0.2) is 29.3 Å². The number of hydrogen-bond acceptors (Lipinski definition) is 4. The van der Waals surface area contributed by atoms with Crippen LogP contribution in [0.25, 0.3) is 0 Å². The summed E-state index contributed by atoms with van der Waals surface area (Å²) in [4.78, 5) is 4.55. The zero-order valence-electron chi connectivity index (χ0n) is 11.0. The van der Waals surface area contributed by atoms with Gasteiger partial charge in [-0.25, -0.2) is 0 Å². The fourth-order valence-corrected chi connectivity index (χ4v) is 1.67. The molecule has 1 N–H and O–H groups in total. The molecular weight excluding hydrogens is 226 g/mol. The molecular formula is C14H21N3O. The minimum atomic E-state index is 0.152. The Hall–Kier alpha value is -1.44. The Labute approximate surface area is 109 Å². The first kappa shape index (κ1) is 14.6. The van der Waals surface area contributed by atoms with Gasteiger partial charge in [-0.3, -0.25) is 10.3 Å². The van der Waals surface area contributed by atoms with Crippen molar-refractivity contribution in [3.63, 3.8) is 0 Å². The number of rotatable bonds is 5. The molecule has 1 aliphatic heterocycles. The van der Waals surface area contributed by atoms with Crippen LogP contribution in [0.1, 0.15) is 26.2 Å². The molecule has 18 heavy (non-hydrogen) atoms. The molecule has 4 heteroatoms. The zero-order chi connectivity index (χ0) is 13.2. The second kappa shape index (κ2) is 8.62. The molecule has 0 spiro atoms. The van der Waals surface area contributed by atoms with Crippen LogP contribution >= 0.6 is 0 Å². The standard InChI is InChI=1S/C14H21N3O/c1-3-13-9-16-11-18-14(10-17-13)7-5-4-6-12(2)8-15/h4,6,14,16H,2-3,5,7,9-11H2,1H3/b6-4-,17-13?. The van der Waals surface area contributed by atoms with E-state index in [1.165, 1.54) is 5.71 Å². The first-order valence-corrected chi connectivity index (χ1v) is 6.36. The van der Waals surface area contributed by atoms with E-state index >= 15 is 0 Å². The van der Waals surface area contributed by atoms with E-state index in [1.807, 2.05) is 12.1 Å². The molecule has 0 aliphatic carbocycles. The van der Waals surface area contributed by atoms with Crippen LogP contribution in [0.3, 0.4) is 0 Å². The lowest BCUT2D eigenvalue weighted by Crippen LogP contribution is -2.32. The maximum atomic E-state index is 8.56. The summed E-state index contributed by atoms with van der Waals surface area (Å²) in [6, 6.07) is 1.99. The van der Waals surface area contributed by atoms with Crippen LogP contribution in [0.2, 0.25) is 0 Å². The third-order valence-electron chi connectivity index (χ3n) is 2.79. The van der Waals surface area contributed by atoms with Crippen molar-refractivity contribution in [2.24, 2.45) is 4.99 Å². The molecule has 0 bridgehead atoms. The third-order valence-corrected chi connectivity index (χ3v) is 2.79. The molecule has 0 radical (unpaired) electrons. The number of ether oxygens (including phenoxy) is 1. The van der Waals surface area contributed by atoms with Gasteiger partial charge in [0, 0.05) is 17.8 Å². The van der Waals surface area contributed by atoms with Crippen LogP contribution in [-0.2, 0) is 4.74 Å². The van der Waals surface area contributed by atoms with Gasteiger partial charge in [0.25, 0.3) is 0 Å². The maximum Gasteiger partial charge on any atom is 0.0985 e. The Morgan fingerprint density at radius 2 is 2.56 bits per heavy atom. The number of nitrogens with zero attached hydrogens (tertiary/aromatic N) is 2. The Morgan fingerprint density at radius 3 is 3.28 bits per heavy atom. The predicted octanol–water partition coefficient (Wildman–Crippen LogP) is 2.20. The zero-order valence-corrected chi connectivity index (χ0v) is 11.0. The topological polar surface area (TPSA) is 57.4 Å². The lowest BCUT2D eigenvalue weighted by molar-refractivity contribution is 0.0417. The van der Waals surface area contributed by atoms with Crippen molar-refractivity contribution in [1.29, 1.82) is 5.26 Å². The molecule has 0 saturated heterocycles. The van der Waals surface area contributed by atoms with Crippen molar-refractivity contribution in [1.82, 2.24) is 5.32 Å². The fourth-order valence-electron chi connectivity index (χ4n) is 1.67. The van der Waals surface area contributed by atoms with Crippen molar-refractivity contribution in [3.8, 4) is 6.07 Å². The number of aliphatic imine (C=N–C) groups is 1. The summed E-state index contributed by atoms with van der Waals surface area (Å²) in [5, 5.41) is 11.8. The lowest BCUT2D eigenvalue weighted by Gasteiger charge is -2.19. The van der Waals surface area contributed by atoms with Crippen LogP contribution in [-0.4, -0.2) is 31.6 Å². The van der Waals surface area contributed by atoms with Crippen molar-refractivity contribution < 1.29 is 4.74 Å². The SMILES string of the molecule is C=C(C#N)/C=C\CCC1CN=C(CC)CNCO1. The van der Waals surface area contributed by atoms with Crippen LogP contribution in [0, 0.1) is 11.3 Å². The second-order valence-corrected chi connectivity index (χ2v) is 4.24. The Balaban J connectivity index is 2.35. The minimum Gasteiger partial charge on any atom is -0.361 e. The fraction of sp³-hybridized carbons (Fsp3) is 0.571. The van der Waals surface area contributed by atoms with Gasteiger partial charge < -0.3 is 4.74 Å². The average molecular weight is 247 g/mol. The minimum absolute atomic E-state index is 0.152. The Kier molecular flexibility index (Phi) is 7.00.